The third kappa shape index (κ3) is 3.17. The SMILES string of the molecule is CCC1CN(c2ccc([N+](=O)[O-])c(I)c2)CCC1N. The van der Waals surface area contributed by atoms with Crippen LogP contribution in [0.5, 0.6) is 0 Å². The minimum atomic E-state index is -0.341. The van der Waals surface area contributed by atoms with E-state index in [9.17, 15) is 10.1 Å². The third-order valence-electron chi connectivity index (χ3n) is 3.81. The number of anilines is 1. The molecule has 1 heterocycles. The number of nitrogens with two attached hydrogens (primary N) is 1. The molecule has 2 N–H and O–H groups in total. The van der Waals surface area contributed by atoms with E-state index in [0.29, 0.717) is 9.49 Å². The molecule has 0 amide bonds. The number of halogens is 1. The zero-order valence-corrected chi connectivity index (χ0v) is 13.0. The van der Waals surface area contributed by atoms with Crippen LogP contribution in [0.3, 0.4) is 0 Å². The van der Waals surface area contributed by atoms with Crippen molar-refractivity contribution in [3.05, 3.63) is 31.9 Å². The van der Waals surface area contributed by atoms with E-state index in [1.165, 1.54) is 0 Å². The van der Waals surface area contributed by atoms with E-state index < -0.39 is 0 Å². The first-order chi connectivity index (χ1) is 9.02. The van der Waals surface area contributed by atoms with Gasteiger partial charge in [0, 0.05) is 30.9 Å². The lowest BCUT2D eigenvalue weighted by molar-refractivity contribution is -0.385. The molecule has 104 valence electrons. The molecule has 1 saturated heterocycles. The lowest BCUT2D eigenvalue weighted by Crippen LogP contribution is -2.47. The molecule has 1 aromatic carbocycles. The van der Waals surface area contributed by atoms with E-state index >= 15 is 0 Å². The molecule has 1 aliphatic heterocycles. The minimum Gasteiger partial charge on any atom is -0.371 e. The summed E-state index contributed by atoms with van der Waals surface area (Å²) < 4.78 is 0.683. The van der Waals surface area contributed by atoms with Gasteiger partial charge in [-0.05, 0) is 47.1 Å². The van der Waals surface area contributed by atoms with Gasteiger partial charge in [0.2, 0.25) is 0 Å². The van der Waals surface area contributed by atoms with E-state index in [1.807, 2.05) is 34.7 Å². The second-order valence-electron chi connectivity index (χ2n) is 4.96. The summed E-state index contributed by atoms with van der Waals surface area (Å²) in [6, 6.07) is 5.59. The summed E-state index contributed by atoms with van der Waals surface area (Å²) in [7, 11) is 0. The number of piperidine rings is 1. The second-order valence-corrected chi connectivity index (χ2v) is 6.12. The molecule has 6 heteroatoms. The van der Waals surface area contributed by atoms with Crippen molar-refractivity contribution in [3.63, 3.8) is 0 Å². The van der Waals surface area contributed by atoms with Crippen LogP contribution in [-0.4, -0.2) is 24.1 Å². The van der Waals surface area contributed by atoms with Gasteiger partial charge in [-0.2, -0.15) is 0 Å². The molecule has 5 nitrogen and oxygen atoms in total. The number of hydrogen-bond acceptors (Lipinski definition) is 4. The molecule has 0 spiro atoms. The van der Waals surface area contributed by atoms with E-state index in [2.05, 4.69) is 11.8 Å². The number of nitro benzene ring substituents is 1. The molecule has 2 atom stereocenters. The zero-order valence-electron chi connectivity index (χ0n) is 10.9. The van der Waals surface area contributed by atoms with Crippen LogP contribution in [-0.2, 0) is 0 Å². The molecule has 1 fully saturated rings. The molecule has 0 saturated carbocycles. The molecule has 19 heavy (non-hydrogen) atoms. The monoisotopic (exact) mass is 375 g/mol. The van der Waals surface area contributed by atoms with Gasteiger partial charge in [-0.25, -0.2) is 0 Å². The summed E-state index contributed by atoms with van der Waals surface area (Å²) in [4.78, 5) is 12.8. The van der Waals surface area contributed by atoms with Gasteiger partial charge in [0.25, 0.3) is 5.69 Å². The summed E-state index contributed by atoms with van der Waals surface area (Å²) >= 11 is 2.02. The van der Waals surface area contributed by atoms with Crippen molar-refractivity contribution in [1.29, 1.82) is 0 Å². The van der Waals surface area contributed by atoms with Gasteiger partial charge < -0.3 is 10.6 Å². The van der Waals surface area contributed by atoms with Crippen LogP contribution in [0, 0.1) is 19.6 Å². The Morgan fingerprint density at radius 2 is 2.32 bits per heavy atom. The lowest BCUT2D eigenvalue weighted by Gasteiger charge is -2.38. The van der Waals surface area contributed by atoms with Crippen LogP contribution in [0.1, 0.15) is 19.8 Å². The van der Waals surface area contributed by atoms with Crippen molar-refractivity contribution >= 4 is 34.0 Å². The molecule has 1 aromatic rings. The molecule has 0 aliphatic carbocycles. The summed E-state index contributed by atoms with van der Waals surface area (Å²) in [5.74, 6) is 0.501. The Morgan fingerprint density at radius 3 is 2.89 bits per heavy atom. The quantitative estimate of drug-likeness (QED) is 0.501. The topological polar surface area (TPSA) is 72.4 Å². The van der Waals surface area contributed by atoms with Crippen LogP contribution in [0.2, 0.25) is 0 Å². The van der Waals surface area contributed by atoms with Gasteiger partial charge in [-0.1, -0.05) is 13.3 Å². The maximum atomic E-state index is 10.8. The van der Waals surface area contributed by atoms with Crippen molar-refractivity contribution < 1.29 is 4.92 Å². The Morgan fingerprint density at radius 1 is 1.58 bits per heavy atom. The summed E-state index contributed by atoms with van der Waals surface area (Å²) in [6.07, 6.45) is 2.05. The number of nitrogens with zero attached hydrogens (tertiary/aromatic N) is 2. The van der Waals surface area contributed by atoms with Crippen LogP contribution in [0.25, 0.3) is 0 Å². The van der Waals surface area contributed by atoms with E-state index in [0.717, 1.165) is 31.6 Å². The van der Waals surface area contributed by atoms with Crippen LogP contribution >= 0.6 is 22.6 Å². The van der Waals surface area contributed by atoms with Crippen LogP contribution in [0.4, 0.5) is 11.4 Å². The maximum absolute atomic E-state index is 10.8. The first-order valence-corrected chi connectivity index (χ1v) is 7.55. The van der Waals surface area contributed by atoms with Crippen molar-refractivity contribution in [2.45, 2.75) is 25.8 Å². The zero-order chi connectivity index (χ0) is 14.0. The molecule has 1 aliphatic rings. The van der Waals surface area contributed by atoms with Crippen molar-refractivity contribution in [2.75, 3.05) is 18.0 Å². The number of rotatable bonds is 3. The standard InChI is InChI=1S/C13H18IN3O2/c1-2-9-8-16(6-5-12(9)15)10-3-4-13(17(18)19)11(14)7-10/h3-4,7,9,12H,2,5-6,8,15H2,1H3. The predicted octanol–water partition coefficient (Wildman–Crippen LogP) is 2.76. The third-order valence-corrected chi connectivity index (χ3v) is 4.67. The fourth-order valence-electron chi connectivity index (χ4n) is 2.56. The number of nitro groups is 1. The van der Waals surface area contributed by atoms with Gasteiger partial charge in [-0.15, -0.1) is 0 Å². The van der Waals surface area contributed by atoms with Crippen LogP contribution in [0.15, 0.2) is 18.2 Å². The average Bonchev–Trinajstić information content (AvgIpc) is 2.38. The summed E-state index contributed by atoms with van der Waals surface area (Å²) in [5, 5.41) is 10.8. The summed E-state index contributed by atoms with van der Waals surface area (Å²) in [6.45, 7) is 4.02. The highest BCUT2D eigenvalue weighted by molar-refractivity contribution is 14.1. The fraction of sp³-hybridized carbons (Fsp3) is 0.538. The fourth-order valence-corrected chi connectivity index (χ4v) is 3.25. The van der Waals surface area contributed by atoms with Gasteiger partial charge in [0.05, 0.1) is 8.49 Å². The first kappa shape index (κ1) is 14.5. The lowest BCUT2D eigenvalue weighted by atomic mass is 9.90. The highest BCUT2D eigenvalue weighted by Gasteiger charge is 2.26. The highest BCUT2D eigenvalue weighted by atomic mass is 127. The largest absolute Gasteiger partial charge is 0.371 e. The van der Waals surface area contributed by atoms with Gasteiger partial charge >= 0.3 is 0 Å². The molecule has 0 bridgehead atoms. The number of hydrogen-bond donors (Lipinski definition) is 1. The van der Waals surface area contributed by atoms with Crippen LogP contribution < -0.4 is 10.6 Å². The van der Waals surface area contributed by atoms with Crippen molar-refractivity contribution in [1.82, 2.24) is 0 Å². The highest BCUT2D eigenvalue weighted by Crippen LogP contribution is 2.29. The molecular weight excluding hydrogens is 357 g/mol. The Balaban J connectivity index is 2.18. The minimum absolute atomic E-state index is 0.171. The van der Waals surface area contributed by atoms with E-state index in [1.54, 1.807) is 6.07 Å². The van der Waals surface area contributed by atoms with E-state index in [-0.39, 0.29) is 16.7 Å². The smallest absolute Gasteiger partial charge is 0.282 e. The molecule has 0 radical (unpaired) electrons. The van der Waals surface area contributed by atoms with E-state index in [4.69, 9.17) is 5.73 Å². The Bertz CT molecular complexity index is 481. The Labute approximate surface area is 126 Å². The molecular formula is C13H18IN3O2. The van der Waals surface area contributed by atoms with Crippen molar-refractivity contribution in [2.24, 2.45) is 11.7 Å². The Hall–Kier alpha value is -0.890. The number of benzene rings is 1. The normalized spacial score (nSPS) is 23.4. The van der Waals surface area contributed by atoms with Gasteiger partial charge in [0.15, 0.2) is 0 Å². The summed E-state index contributed by atoms with van der Waals surface area (Å²) in [5.41, 5.74) is 7.33. The maximum Gasteiger partial charge on any atom is 0.282 e. The molecule has 2 unspecified atom stereocenters. The average molecular weight is 375 g/mol. The predicted molar refractivity (Wildman–Crippen MR) is 84.4 cm³/mol. The molecule has 0 aromatic heterocycles. The Kier molecular flexibility index (Phi) is 4.62. The first-order valence-electron chi connectivity index (χ1n) is 6.47. The second kappa shape index (κ2) is 6.04. The van der Waals surface area contributed by atoms with Crippen molar-refractivity contribution in [3.8, 4) is 0 Å². The van der Waals surface area contributed by atoms with Gasteiger partial charge in [0.1, 0.15) is 0 Å². The van der Waals surface area contributed by atoms with Gasteiger partial charge in [-0.3, -0.25) is 10.1 Å². The molecule has 2 rings (SSSR count).